The first-order valence-electron chi connectivity index (χ1n) is 8.83. The Kier molecular flexibility index (Phi) is 9.77. The van der Waals surface area contributed by atoms with Crippen molar-refractivity contribution in [3.63, 3.8) is 0 Å². The molecule has 0 bridgehead atoms. The minimum absolute atomic E-state index is 0.0193. The first kappa shape index (κ1) is 20.2. The summed E-state index contributed by atoms with van der Waals surface area (Å²) in [6.45, 7) is 0. The number of benzene rings is 1. The summed E-state index contributed by atoms with van der Waals surface area (Å²) in [5.74, 6) is -0.173. The van der Waals surface area contributed by atoms with Gasteiger partial charge in [-0.1, -0.05) is 30.7 Å². The summed E-state index contributed by atoms with van der Waals surface area (Å²) < 4.78 is 0. The van der Waals surface area contributed by atoms with Crippen LogP contribution in [-0.2, 0) is 22.4 Å². The van der Waals surface area contributed by atoms with E-state index in [1.165, 1.54) is 11.1 Å². The van der Waals surface area contributed by atoms with E-state index in [1.54, 1.807) is 7.05 Å². The largest absolute Gasteiger partial charge is 0.370 e. The predicted octanol–water partition coefficient (Wildman–Crippen LogP) is 2.06. The van der Waals surface area contributed by atoms with Crippen LogP contribution in [0.2, 0.25) is 0 Å². The molecule has 0 heterocycles. The molecule has 1 aromatic carbocycles. The second-order valence-electron chi connectivity index (χ2n) is 6.36. The van der Waals surface area contributed by atoms with E-state index in [0.29, 0.717) is 19.3 Å². The SMILES string of the molecule is CNC(=O)CCCCCc1cccc(CCC(N)CCC(N)=O)c1. The van der Waals surface area contributed by atoms with Crippen LogP contribution in [0.5, 0.6) is 0 Å². The number of primary amides is 1. The Morgan fingerprint density at radius 3 is 2.42 bits per heavy atom. The number of rotatable bonds is 12. The summed E-state index contributed by atoms with van der Waals surface area (Å²) in [4.78, 5) is 21.9. The molecule has 5 nitrogen and oxygen atoms in total. The average Bonchev–Trinajstić information content (AvgIpc) is 2.58. The van der Waals surface area contributed by atoms with Crippen molar-refractivity contribution in [1.29, 1.82) is 0 Å². The van der Waals surface area contributed by atoms with Gasteiger partial charge >= 0.3 is 0 Å². The van der Waals surface area contributed by atoms with Gasteiger partial charge in [-0.05, 0) is 49.7 Å². The first-order valence-corrected chi connectivity index (χ1v) is 8.83. The molecule has 0 spiro atoms. The van der Waals surface area contributed by atoms with Crippen LogP contribution in [-0.4, -0.2) is 24.9 Å². The lowest BCUT2D eigenvalue weighted by Crippen LogP contribution is -2.23. The van der Waals surface area contributed by atoms with Crippen LogP contribution in [0.3, 0.4) is 0 Å². The monoisotopic (exact) mass is 333 g/mol. The summed E-state index contributed by atoms with van der Waals surface area (Å²) in [5.41, 5.74) is 13.8. The Morgan fingerprint density at radius 2 is 1.75 bits per heavy atom. The maximum atomic E-state index is 11.2. The van der Waals surface area contributed by atoms with Crippen LogP contribution < -0.4 is 16.8 Å². The van der Waals surface area contributed by atoms with Gasteiger partial charge in [-0.25, -0.2) is 0 Å². The second kappa shape index (κ2) is 11.6. The molecule has 5 N–H and O–H groups in total. The molecule has 0 aromatic heterocycles. The van der Waals surface area contributed by atoms with Gasteiger partial charge in [-0.2, -0.15) is 0 Å². The molecule has 0 saturated carbocycles. The Bertz CT molecular complexity index is 517. The van der Waals surface area contributed by atoms with Crippen LogP contribution in [0.15, 0.2) is 24.3 Å². The van der Waals surface area contributed by atoms with E-state index in [2.05, 4.69) is 29.6 Å². The molecule has 1 aromatic rings. The van der Waals surface area contributed by atoms with Gasteiger partial charge in [-0.15, -0.1) is 0 Å². The third-order valence-electron chi connectivity index (χ3n) is 4.20. The van der Waals surface area contributed by atoms with E-state index >= 15 is 0 Å². The highest BCUT2D eigenvalue weighted by molar-refractivity contribution is 5.75. The van der Waals surface area contributed by atoms with E-state index < -0.39 is 0 Å². The smallest absolute Gasteiger partial charge is 0.219 e. The predicted molar refractivity (Wildman–Crippen MR) is 97.4 cm³/mol. The first-order chi connectivity index (χ1) is 11.5. The third kappa shape index (κ3) is 9.30. The number of unbranched alkanes of at least 4 members (excludes halogenated alkanes) is 2. The standard InChI is InChI=1S/C19H31N3O2/c1-22-19(24)9-4-2-3-6-15-7-5-8-16(14-15)10-11-17(20)12-13-18(21)23/h5,7-8,14,17H,2-4,6,9-13,20H2,1H3,(H2,21,23)(H,22,24). The van der Waals surface area contributed by atoms with E-state index in [1.807, 2.05) is 0 Å². The van der Waals surface area contributed by atoms with Crippen LogP contribution in [0.4, 0.5) is 0 Å². The van der Waals surface area contributed by atoms with Crippen LogP contribution >= 0.6 is 0 Å². The van der Waals surface area contributed by atoms with Gasteiger partial charge in [0, 0.05) is 25.9 Å². The molecule has 1 rings (SSSR count). The van der Waals surface area contributed by atoms with Crippen molar-refractivity contribution in [2.75, 3.05) is 7.05 Å². The molecule has 1 unspecified atom stereocenters. The van der Waals surface area contributed by atoms with E-state index in [0.717, 1.165) is 38.5 Å². The Balaban J connectivity index is 2.28. The number of amides is 2. The van der Waals surface area contributed by atoms with Crippen molar-refractivity contribution in [3.8, 4) is 0 Å². The molecule has 24 heavy (non-hydrogen) atoms. The number of nitrogens with one attached hydrogen (secondary N) is 1. The van der Waals surface area contributed by atoms with Crippen molar-refractivity contribution in [2.45, 2.75) is 63.8 Å². The lowest BCUT2D eigenvalue weighted by atomic mass is 9.99. The molecule has 2 amide bonds. The summed E-state index contributed by atoms with van der Waals surface area (Å²) >= 11 is 0. The fourth-order valence-electron chi connectivity index (χ4n) is 2.68. The molecule has 1 atom stereocenters. The maximum absolute atomic E-state index is 11.2. The highest BCUT2D eigenvalue weighted by Gasteiger charge is 2.06. The van der Waals surface area contributed by atoms with Gasteiger partial charge in [0.05, 0.1) is 0 Å². The fourth-order valence-corrected chi connectivity index (χ4v) is 2.68. The van der Waals surface area contributed by atoms with Crippen molar-refractivity contribution >= 4 is 11.8 Å². The third-order valence-corrected chi connectivity index (χ3v) is 4.20. The van der Waals surface area contributed by atoms with E-state index in [-0.39, 0.29) is 17.9 Å². The van der Waals surface area contributed by atoms with Crippen LogP contribution in [0.1, 0.15) is 56.1 Å². The van der Waals surface area contributed by atoms with E-state index in [9.17, 15) is 9.59 Å². The van der Waals surface area contributed by atoms with Gasteiger partial charge in [0.1, 0.15) is 0 Å². The minimum Gasteiger partial charge on any atom is -0.370 e. The zero-order valence-electron chi connectivity index (χ0n) is 14.7. The maximum Gasteiger partial charge on any atom is 0.219 e. The van der Waals surface area contributed by atoms with Gasteiger partial charge < -0.3 is 16.8 Å². The number of carbonyl (C=O) groups excluding carboxylic acids is 2. The van der Waals surface area contributed by atoms with Crippen LogP contribution in [0, 0.1) is 0 Å². The molecular formula is C19H31N3O2. The molecule has 134 valence electrons. The lowest BCUT2D eigenvalue weighted by molar-refractivity contribution is -0.120. The van der Waals surface area contributed by atoms with Crippen molar-refractivity contribution in [2.24, 2.45) is 11.5 Å². The zero-order valence-corrected chi connectivity index (χ0v) is 14.7. The van der Waals surface area contributed by atoms with E-state index in [4.69, 9.17) is 11.5 Å². The summed E-state index contributed by atoms with van der Waals surface area (Å²) in [6, 6.07) is 8.61. The molecule has 0 aliphatic rings. The summed E-state index contributed by atoms with van der Waals surface area (Å²) in [7, 11) is 1.67. The Labute approximate surface area is 145 Å². The van der Waals surface area contributed by atoms with Crippen molar-refractivity contribution in [3.05, 3.63) is 35.4 Å². The van der Waals surface area contributed by atoms with Crippen molar-refractivity contribution < 1.29 is 9.59 Å². The molecule has 0 aliphatic carbocycles. The molecular weight excluding hydrogens is 302 g/mol. The molecule has 0 radical (unpaired) electrons. The molecule has 0 aliphatic heterocycles. The van der Waals surface area contributed by atoms with Gasteiger partial charge in [0.2, 0.25) is 11.8 Å². The number of aryl methyl sites for hydroxylation is 2. The number of carbonyl (C=O) groups is 2. The normalized spacial score (nSPS) is 11.9. The van der Waals surface area contributed by atoms with Gasteiger partial charge in [-0.3, -0.25) is 9.59 Å². The van der Waals surface area contributed by atoms with Crippen LogP contribution in [0.25, 0.3) is 0 Å². The van der Waals surface area contributed by atoms with Crippen molar-refractivity contribution in [1.82, 2.24) is 5.32 Å². The van der Waals surface area contributed by atoms with Gasteiger partial charge in [0.15, 0.2) is 0 Å². The Hall–Kier alpha value is -1.88. The number of hydrogen-bond donors (Lipinski definition) is 3. The average molecular weight is 333 g/mol. The molecule has 0 fully saturated rings. The highest BCUT2D eigenvalue weighted by atomic mass is 16.1. The quantitative estimate of drug-likeness (QED) is 0.511. The summed E-state index contributed by atoms with van der Waals surface area (Å²) in [6.07, 6.45) is 7.54. The number of hydrogen-bond acceptors (Lipinski definition) is 3. The zero-order chi connectivity index (χ0) is 17.8. The minimum atomic E-state index is -0.288. The second-order valence-corrected chi connectivity index (χ2v) is 6.36. The Morgan fingerprint density at radius 1 is 1.04 bits per heavy atom. The van der Waals surface area contributed by atoms with Gasteiger partial charge in [0.25, 0.3) is 0 Å². The fraction of sp³-hybridized carbons (Fsp3) is 0.579. The topological polar surface area (TPSA) is 98.2 Å². The lowest BCUT2D eigenvalue weighted by Gasteiger charge is -2.11. The molecule has 5 heteroatoms. The summed E-state index contributed by atoms with van der Waals surface area (Å²) in [5, 5.41) is 2.64. The molecule has 0 saturated heterocycles. The highest BCUT2D eigenvalue weighted by Crippen LogP contribution is 2.13. The number of nitrogens with two attached hydrogens (primary N) is 2.